The molecule has 0 saturated heterocycles. The predicted molar refractivity (Wildman–Crippen MR) is 104 cm³/mol. The maximum Gasteiger partial charge on any atom is 0.255 e. The minimum Gasteiger partial charge on any atom is -0.504 e. The predicted octanol–water partition coefficient (Wildman–Crippen LogP) is 3.16. The Morgan fingerprint density at radius 3 is 2.22 bits per heavy atom. The summed E-state index contributed by atoms with van der Waals surface area (Å²) in [6, 6.07) is 6.72. The number of carbonyl (C=O) groups is 1. The van der Waals surface area contributed by atoms with E-state index in [9.17, 15) is 9.90 Å². The zero-order chi connectivity index (χ0) is 20.0. The molecular weight excluding hydrogens is 418 g/mol. The van der Waals surface area contributed by atoms with Gasteiger partial charge >= 0.3 is 0 Å². The van der Waals surface area contributed by atoms with Gasteiger partial charge in [-0.25, -0.2) is 0 Å². The first kappa shape index (κ1) is 20.7. The van der Waals surface area contributed by atoms with Gasteiger partial charge in [-0.1, -0.05) is 15.9 Å². The smallest absolute Gasteiger partial charge is 0.255 e. The van der Waals surface area contributed by atoms with Crippen molar-refractivity contribution < 1.29 is 28.8 Å². The van der Waals surface area contributed by atoms with E-state index in [-0.39, 0.29) is 17.1 Å². The van der Waals surface area contributed by atoms with Crippen molar-refractivity contribution in [2.45, 2.75) is 6.42 Å². The van der Waals surface area contributed by atoms with Crippen LogP contribution >= 0.6 is 15.9 Å². The number of phenols is 1. The van der Waals surface area contributed by atoms with Crippen LogP contribution in [-0.4, -0.2) is 46.0 Å². The van der Waals surface area contributed by atoms with Crippen LogP contribution in [0.5, 0.6) is 28.7 Å². The molecule has 0 saturated carbocycles. The Hall–Kier alpha value is -2.61. The number of aromatic hydroxyl groups is 1. The second-order valence-corrected chi connectivity index (χ2v) is 6.36. The van der Waals surface area contributed by atoms with Crippen LogP contribution in [0, 0.1) is 0 Å². The summed E-state index contributed by atoms with van der Waals surface area (Å²) in [5.74, 6) is 1.02. The molecule has 27 heavy (non-hydrogen) atoms. The first-order chi connectivity index (χ1) is 13.0. The van der Waals surface area contributed by atoms with Crippen LogP contribution in [0.15, 0.2) is 28.7 Å². The van der Waals surface area contributed by atoms with Crippen LogP contribution in [0.3, 0.4) is 0 Å². The maximum absolute atomic E-state index is 12.4. The number of phenolic OH excluding ortho intramolecular Hbond substituents is 1. The number of ether oxygens (including phenoxy) is 4. The summed E-state index contributed by atoms with van der Waals surface area (Å²) in [5.41, 5.74) is 1.06. The lowest BCUT2D eigenvalue weighted by atomic mass is 10.1. The lowest BCUT2D eigenvalue weighted by Crippen LogP contribution is -2.26. The van der Waals surface area contributed by atoms with Crippen molar-refractivity contribution in [3.05, 3.63) is 39.9 Å². The second-order valence-electron chi connectivity index (χ2n) is 5.50. The Morgan fingerprint density at radius 2 is 1.63 bits per heavy atom. The third-order valence-corrected chi connectivity index (χ3v) is 4.73. The van der Waals surface area contributed by atoms with Gasteiger partial charge in [0.05, 0.1) is 34.0 Å². The second kappa shape index (κ2) is 9.36. The summed E-state index contributed by atoms with van der Waals surface area (Å²) < 4.78 is 21.6. The molecule has 0 radical (unpaired) electrons. The van der Waals surface area contributed by atoms with Crippen molar-refractivity contribution in [1.29, 1.82) is 0 Å². The van der Waals surface area contributed by atoms with Crippen LogP contribution in [0.25, 0.3) is 0 Å². The Balaban J connectivity index is 2.09. The van der Waals surface area contributed by atoms with E-state index in [1.54, 1.807) is 20.3 Å². The fourth-order valence-corrected chi connectivity index (χ4v) is 3.11. The number of amides is 1. The van der Waals surface area contributed by atoms with Gasteiger partial charge in [0.15, 0.2) is 23.0 Å². The molecular formula is C19H22BrNO6. The highest BCUT2D eigenvalue weighted by atomic mass is 79.9. The first-order valence-corrected chi connectivity index (χ1v) is 8.88. The van der Waals surface area contributed by atoms with E-state index in [0.29, 0.717) is 30.2 Å². The SMILES string of the molecule is COc1cc(Br)c(CCNC(=O)c2ccc(OC)c(OC)c2O)cc1OC. The summed E-state index contributed by atoms with van der Waals surface area (Å²) in [6.07, 6.45) is 0.556. The normalized spacial score (nSPS) is 10.3. The number of methoxy groups -OCH3 is 4. The molecule has 2 rings (SSSR count). The van der Waals surface area contributed by atoms with Gasteiger partial charge in [-0.15, -0.1) is 0 Å². The standard InChI is InChI=1S/C19H22BrNO6/c1-24-14-6-5-12(17(22)18(14)27-4)19(23)21-8-7-11-9-15(25-2)16(26-3)10-13(11)20/h5-6,9-10,22H,7-8H2,1-4H3,(H,21,23). The van der Waals surface area contributed by atoms with Gasteiger partial charge in [-0.05, 0) is 36.2 Å². The minimum atomic E-state index is -0.412. The molecule has 2 N–H and O–H groups in total. The van der Waals surface area contributed by atoms with Gasteiger partial charge in [-0.2, -0.15) is 0 Å². The molecule has 1 amide bonds. The monoisotopic (exact) mass is 439 g/mol. The third-order valence-electron chi connectivity index (χ3n) is 4.00. The van der Waals surface area contributed by atoms with E-state index in [1.165, 1.54) is 20.3 Å². The molecule has 0 aromatic heterocycles. The maximum atomic E-state index is 12.4. The average Bonchev–Trinajstić information content (AvgIpc) is 2.68. The summed E-state index contributed by atoms with van der Waals surface area (Å²) in [6.45, 7) is 0.362. The lowest BCUT2D eigenvalue weighted by Gasteiger charge is -2.14. The molecule has 0 fully saturated rings. The number of hydrogen-bond acceptors (Lipinski definition) is 6. The van der Waals surface area contributed by atoms with Crippen molar-refractivity contribution in [2.75, 3.05) is 35.0 Å². The summed E-state index contributed by atoms with van der Waals surface area (Å²) >= 11 is 3.49. The molecule has 2 aromatic rings. The number of halogens is 1. The van der Waals surface area contributed by atoms with Gasteiger partial charge in [0, 0.05) is 11.0 Å². The molecule has 0 atom stereocenters. The van der Waals surface area contributed by atoms with Crippen molar-refractivity contribution in [2.24, 2.45) is 0 Å². The Labute approximate surface area is 166 Å². The van der Waals surface area contributed by atoms with Crippen LogP contribution in [0.1, 0.15) is 15.9 Å². The van der Waals surface area contributed by atoms with Crippen molar-refractivity contribution in [1.82, 2.24) is 5.32 Å². The highest BCUT2D eigenvalue weighted by molar-refractivity contribution is 9.10. The number of rotatable bonds is 8. The lowest BCUT2D eigenvalue weighted by molar-refractivity contribution is 0.0950. The Morgan fingerprint density at radius 1 is 1.00 bits per heavy atom. The van der Waals surface area contributed by atoms with E-state index >= 15 is 0 Å². The van der Waals surface area contributed by atoms with Crippen molar-refractivity contribution in [3.63, 3.8) is 0 Å². The number of hydrogen-bond donors (Lipinski definition) is 2. The highest BCUT2D eigenvalue weighted by Crippen LogP contribution is 2.38. The van der Waals surface area contributed by atoms with E-state index in [2.05, 4.69) is 21.2 Å². The van der Waals surface area contributed by atoms with Crippen LogP contribution in [0.4, 0.5) is 0 Å². The van der Waals surface area contributed by atoms with Crippen molar-refractivity contribution in [3.8, 4) is 28.7 Å². The molecule has 7 nitrogen and oxygen atoms in total. The van der Waals surface area contributed by atoms with E-state index in [4.69, 9.17) is 18.9 Å². The molecule has 8 heteroatoms. The highest BCUT2D eigenvalue weighted by Gasteiger charge is 2.19. The number of benzene rings is 2. The quantitative estimate of drug-likeness (QED) is 0.656. The summed E-state index contributed by atoms with van der Waals surface area (Å²) in [4.78, 5) is 12.4. The van der Waals surface area contributed by atoms with Gasteiger partial charge < -0.3 is 29.4 Å². The van der Waals surface area contributed by atoms with Gasteiger partial charge in [0.1, 0.15) is 0 Å². The molecule has 2 aromatic carbocycles. The largest absolute Gasteiger partial charge is 0.504 e. The Bertz CT molecular complexity index is 824. The summed E-state index contributed by atoms with van der Waals surface area (Å²) in [7, 11) is 5.99. The fourth-order valence-electron chi connectivity index (χ4n) is 2.59. The number of nitrogens with one attached hydrogen (secondary N) is 1. The van der Waals surface area contributed by atoms with E-state index in [1.807, 2.05) is 12.1 Å². The topological polar surface area (TPSA) is 86.3 Å². The molecule has 0 heterocycles. The van der Waals surface area contributed by atoms with E-state index < -0.39 is 5.91 Å². The van der Waals surface area contributed by atoms with Crippen LogP contribution in [-0.2, 0) is 6.42 Å². The van der Waals surface area contributed by atoms with Crippen molar-refractivity contribution >= 4 is 21.8 Å². The molecule has 0 spiro atoms. The molecule has 0 aliphatic heterocycles. The van der Waals surface area contributed by atoms with Crippen LogP contribution in [0.2, 0.25) is 0 Å². The molecule has 0 aliphatic carbocycles. The zero-order valence-corrected chi connectivity index (χ0v) is 17.2. The van der Waals surface area contributed by atoms with E-state index in [0.717, 1.165) is 10.0 Å². The third kappa shape index (κ3) is 4.57. The number of carbonyl (C=O) groups excluding carboxylic acids is 1. The zero-order valence-electron chi connectivity index (χ0n) is 15.6. The van der Waals surface area contributed by atoms with Gasteiger partial charge in [0.25, 0.3) is 5.91 Å². The fraction of sp³-hybridized carbons (Fsp3) is 0.316. The minimum absolute atomic E-state index is 0.110. The molecule has 0 aliphatic rings. The Kier molecular flexibility index (Phi) is 7.18. The molecule has 0 bridgehead atoms. The molecule has 146 valence electrons. The average molecular weight is 440 g/mol. The van der Waals surface area contributed by atoms with Gasteiger partial charge in [0.2, 0.25) is 5.75 Å². The summed E-state index contributed by atoms with van der Waals surface area (Å²) in [5, 5.41) is 13.0. The molecule has 0 unspecified atom stereocenters. The van der Waals surface area contributed by atoms with Crippen LogP contribution < -0.4 is 24.3 Å². The van der Waals surface area contributed by atoms with Gasteiger partial charge in [-0.3, -0.25) is 4.79 Å². The first-order valence-electron chi connectivity index (χ1n) is 8.09.